The van der Waals surface area contributed by atoms with Gasteiger partial charge in [0.15, 0.2) is 0 Å². The average Bonchev–Trinajstić information content (AvgIpc) is 3.14. The Morgan fingerprint density at radius 2 is 1.29 bits per heavy atom. The molecule has 0 heteroatoms. The first kappa shape index (κ1) is 14.6. The molecule has 0 aromatic carbocycles. The summed E-state index contributed by atoms with van der Waals surface area (Å²) in [6, 6.07) is 0. The van der Waals surface area contributed by atoms with Crippen LogP contribution in [0.2, 0.25) is 0 Å². The van der Waals surface area contributed by atoms with Crippen molar-refractivity contribution in [2.45, 2.75) is 90.9 Å². The molecule has 0 bridgehead atoms. The van der Waals surface area contributed by atoms with Crippen molar-refractivity contribution in [3.63, 3.8) is 0 Å². The summed E-state index contributed by atoms with van der Waals surface area (Å²) in [7, 11) is 0. The summed E-state index contributed by atoms with van der Waals surface area (Å²) in [5, 5.41) is 0. The normalized spacial score (nSPS) is 44.6. The zero-order valence-corrected chi connectivity index (χ0v) is 14.4. The molecule has 5 unspecified atom stereocenters. The van der Waals surface area contributed by atoms with Gasteiger partial charge in [-0.2, -0.15) is 0 Å². The van der Waals surface area contributed by atoms with E-state index in [1.54, 1.807) is 44.9 Å². The number of fused-ring (bicyclic) bond motifs is 3. The van der Waals surface area contributed by atoms with E-state index in [9.17, 15) is 0 Å². The molecule has 4 fully saturated rings. The molecular formula is C21H36. The van der Waals surface area contributed by atoms with E-state index in [4.69, 9.17) is 0 Å². The molecule has 0 aromatic heterocycles. The highest BCUT2D eigenvalue weighted by Gasteiger charge is 2.52. The molecule has 4 aliphatic rings. The Hall–Kier alpha value is 0. The van der Waals surface area contributed by atoms with Gasteiger partial charge < -0.3 is 0 Å². The van der Waals surface area contributed by atoms with Crippen LogP contribution in [-0.4, -0.2) is 0 Å². The first-order valence-electron chi connectivity index (χ1n) is 10.2. The maximum atomic E-state index is 2.66. The van der Waals surface area contributed by atoms with E-state index < -0.39 is 0 Å². The van der Waals surface area contributed by atoms with Crippen molar-refractivity contribution < 1.29 is 0 Å². The van der Waals surface area contributed by atoms with Crippen LogP contribution >= 0.6 is 0 Å². The van der Waals surface area contributed by atoms with E-state index in [2.05, 4.69) is 13.8 Å². The molecule has 0 heterocycles. The van der Waals surface area contributed by atoms with Crippen LogP contribution in [-0.2, 0) is 0 Å². The fourth-order valence-corrected chi connectivity index (χ4v) is 7.51. The summed E-state index contributed by atoms with van der Waals surface area (Å²) < 4.78 is 0. The van der Waals surface area contributed by atoms with Gasteiger partial charge in [-0.25, -0.2) is 0 Å². The van der Waals surface area contributed by atoms with Gasteiger partial charge in [-0.1, -0.05) is 52.4 Å². The van der Waals surface area contributed by atoms with Gasteiger partial charge in [-0.05, 0) is 79.4 Å². The molecule has 0 N–H and O–H groups in total. The monoisotopic (exact) mass is 288 g/mol. The van der Waals surface area contributed by atoms with E-state index in [0.717, 1.165) is 35.5 Å². The third kappa shape index (κ3) is 2.40. The molecule has 5 atom stereocenters. The Morgan fingerprint density at radius 3 is 2.10 bits per heavy atom. The molecule has 0 aromatic rings. The molecule has 0 radical (unpaired) electrons. The second kappa shape index (κ2) is 5.57. The van der Waals surface area contributed by atoms with Crippen molar-refractivity contribution in [3.8, 4) is 0 Å². The maximum absolute atomic E-state index is 2.66. The van der Waals surface area contributed by atoms with Gasteiger partial charge in [-0.15, -0.1) is 0 Å². The average molecular weight is 289 g/mol. The molecule has 0 spiro atoms. The van der Waals surface area contributed by atoms with Crippen molar-refractivity contribution in [1.82, 2.24) is 0 Å². The Kier molecular flexibility index (Phi) is 3.87. The summed E-state index contributed by atoms with van der Waals surface area (Å²) >= 11 is 0. The van der Waals surface area contributed by atoms with Crippen LogP contribution in [0.1, 0.15) is 90.9 Å². The van der Waals surface area contributed by atoms with Gasteiger partial charge in [0.2, 0.25) is 0 Å². The highest BCUT2D eigenvalue weighted by molar-refractivity contribution is 5.02. The molecular weight excluding hydrogens is 252 g/mol. The van der Waals surface area contributed by atoms with Crippen molar-refractivity contribution in [2.24, 2.45) is 40.9 Å². The standard InChI is InChI=1S/C21H36/c1-21(2,16-9-4-5-10-16)20-13-7-12-18-17-11-6-3-8-15(17)14-19(18)20/h15-20H,3-14H2,1-2H3. The van der Waals surface area contributed by atoms with Crippen molar-refractivity contribution >= 4 is 0 Å². The zero-order valence-electron chi connectivity index (χ0n) is 14.4. The summed E-state index contributed by atoms with van der Waals surface area (Å²) in [5.74, 6) is 6.63. The van der Waals surface area contributed by atoms with Crippen LogP contribution in [0.5, 0.6) is 0 Å². The van der Waals surface area contributed by atoms with Gasteiger partial charge >= 0.3 is 0 Å². The quantitative estimate of drug-likeness (QED) is 0.548. The largest absolute Gasteiger partial charge is 0.0594 e. The minimum atomic E-state index is 0.632. The van der Waals surface area contributed by atoms with Gasteiger partial charge in [0.1, 0.15) is 0 Å². The van der Waals surface area contributed by atoms with Crippen LogP contribution in [0.15, 0.2) is 0 Å². The predicted octanol–water partition coefficient (Wildman–Crippen LogP) is 6.45. The van der Waals surface area contributed by atoms with Gasteiger partial charge in [0, 0.05) is 0 Å². The molecule has 4 rings (SSSR count). The second-order valence-electron chi connectivity index (χ2n) is 9.61. The summed E-state index contributed by atoms with van der Waals surface area (Å²) in [6.45, 7) is 5.33. The van der Waals surface area contributed by atoms with E-state index in [0.29, 0.717) is 5.41 Å². The Balaban J connectivity index is 1.55. The third-order valence-corrected chi connectivity index (χ3v) is 8.58. The summed E-state index contributed by atoms with van der Waals surface area (Å²) in [6.07, 6.45) is 18.7. The van der Waals surface area contributed by atoms with E-state index in [-0.39, 0.29) is 0 Å². The molecule has 0 amide bonds. The van der Waals surface area contributed by atoms with Crippen LogP contribution in [0.3, 0.4) is 0 Å². The summed E-state index contributed by atoms with van der Waals surface area (Å²) in [5.41, 5.74) is 0.632. The molecule has 4 aliphatic carbocycles. The number of hydrogen-bond acceptors (Lipinski definition) is 0. The Bertz CT molecular complexity index is 362. The smallest absolute Gasteiger partial charge is 0.0295 e. The molecule has 0 aliphatic heterocycles. The van der Waals surface area contributed by atoms with Crippen molar-refractivity contribution in [2.75, 3.05) is 0 Å². The van der Waals surface area contributed by atoms with Crippen molar-refractivity contribution in [1.29, 1.82) is 0 Å². The molecule has 4 saturated carbocycles. The minimum absolute atomic E-state index is 0.632. The van der Waals surface area contributed by atoms with Crippen LogP contribution in [0, 0.1) is 40.9 Å². The first-order valence-corrected chi connectivity index (χ1v) is 10.2. The predicted molar refractivity (Wildman–Crippen MR) is 90.1 cm³/mol. The fourth-order valence-electron chi connectivity index (χ4n) is 7.51. The lowest BCUT2D eigenvalue weighted by Gasteiger charge is -2.48. The molecule has 120 valence electrons. The highest BCUT2D eigenvalue weighted by atomic mass is 14.6. The third-order valence-electron chi connectivity index (χ3n) is 8.58. The van der Waals surface area contributed by atoms with E-state index in [1.807, 2.05) is 0 Å². The zero-order chi connectivity index (χ0) is 14.4. The summed E-state index contributed by atoms with van der Waals surface area (Å²) in [4.78, 5) is 0. The molecule has 0 nitrogen and oxygen atoms in total. The number of rotatable bonds is 2. The van der Waals surface area contributed by atoms with E-state index >= 15 is 0 Å². The maximum Gasteiger partial charge on any atom is -0.0295 e. The minimum Gasteiger partial charge on any atom is -0.0594 e. The van der Waals surface area contributed by atoms with Gasteiger partial charge in [0.05, 0.1) is 0 Å². The van der Waals surface area contributed by atoms with Gasteiger partial charge in [0.25, 0.3) is 0 Å². The first-order chi connectivity index (χ1) is 10.2. The SMILES string of the molecule is CC(C)(C1CCCC1)C1CCCC2C3CCCCC3CC21. The Morgan fingerprint density at radius 1 is 0.619 bits per heavy atom. The van der Waals surface area contributed by atoms with Gasteiger partial charge in [-0.3, -0.25) is 0 Å². The fraction of sp³-hybridized carbons (Fsp3) is 1.00. The van der Waals surface area contributed by atoms with Crippen molar-refractivity contribution in [3.05, 3.63) is 0 Å². The highest BCUT2D eigenvalue weighted by Crippen LogP contribution is 2.61. The van der Waals surface area contributed by atoms with Crippen LogP contribution < -0.4 is 0 Å². The Labute approximate surface area is 132 Å². The second-order valence-corrected chi connectivity index (χ2v) is 9.61. The molecule has 0 saturated heterocycles. The number of hydrogen-bond donors (Lipinski definition) is 0. The van der Waals surface area contributed by atoms with Crippen LogP contribution in [0.25, 0.3) is 0 Å². The molecule has 21 heavy (non-hydrogen) atoms. The van der Waals surface area contributed by atoms with Crippen LogP contribution in [0.4, 0.5) is 0 Å². The van der Waals surface area contributed by atoms with E-state index in [1.165, 1.54) is 32.1 Å². The lowest BCUT2D eigenvalue weighted by atomic mass is 9.57. The topological polar surface area (TPSA) is 0 Å². The lowest BCUT2D eigenvalue weighted by Crippen LogP contribution is -2.40. The lowest BCUT2D eigenvalue weighted by molar-refractivity contribution is 0.0133.